The van der Waals surface area contributed by atoms with Crippen LogP contribution in [0.25, 0.3) is 0 Å². The number of rotatable bonds is 46. The lowest BCUT2D eigenvalue weighted by molar-refractivity contribution is 0.554. The molecule has 12 nitrogen and oxygen atoms in total. The predicted octanol–water partition coefficient (Wildman–Crippen LogP) is 23.1. The van der Waals surface area contributed by atoms with E-state index < -0.39 is 0 Å². The van der Waals surface area contributed by atoms with Crippen LogP contribution < -0.4 is 15.5 Å². The molecule has 0 bridgehead atoms. The Morgan fingerprint density at radius 2 is 0.604 bits per heavy atom. The van der Waals surface area contributed by atoms with Gasteiger partial charge in [0.2, 0.25) is 0 Å². The Labute approximate surface area is 579 Å². The molecule has 96 heavy (non-hydrogen) atoms. The Kier molecular flexibility index (Phi) is 37.1. The predicted molar refractivity (Wildman–Crippen MR) is 405 cm³/mol. The number of nitrogens with one attached hydrogen (secondary N) is 2. The summed E-state index contributed by atoms with van der Waals surface area (Å²) in [4.78, 5) is 2.32. The number of hydrogen-bond donors (Lipinski definition) is 2. The van der Waals surface area contributed by atoms with Crippen LogP contribution in [-0.4, -0.2) is 45.0 Å². The van der Waals surface area contributed by atoms with E-state index in [9.17, 15) is 0 Å². The highest BCUT2D eigenvalue weighted by atomic mass is 15.5. The number of unbranched alkanes of at least 4 members (excludes halogenated alkanes) is 24. The Balaban J connectivity index is 0.000000205. The fraction of sp³-hybridized carbons (Fsp3) is 0.500. The van der Waals surface area contributed by atoms with Gasteiger partial charge in [0.15, 0.2) is 0 Å². The standard InChI is InChI=1S/C33H50N4.C27H38N4.C24H32N4/c1-3-5-7-9-11-13-15-17-30-19-23-32(24-20-30)37(29-36-28-27-34-35-36)33-25-21-31(22-26-33)18-16-14-12-10-8-6-4-2;1-3-5-7-8-9-10-12-24-15-19-26(20-16-24)29-27(31-22-21-28-30-31)25-17-13-23(14-18-25)11-6-4-2;1-2-3-4-5-6-7-9-12-21-15-17-22(18-16-21)24(28-20-19-25-27-28)26-23-13-10-8-11-14-23/h19-28H,3-18,29H2,1-2H3;13-22,27,29H,3-12H2,1-2H3;8,10-11,13-20,24,26H,2-7,9,12H2,1H3. The van der Waals surface area contributed by atoms with E-state index in [4.69, 9.17) is 0 Å². The summed E-state index contributed by atoms with van der Waals surface area (Å²) < 4.78 is 5.63. The normalized spacial score (nSPS) is 11.7. The second kappa shape index (κ2) is 47.1. The van der Waals surface area contributed by atoms with Crippen LogP contribution in [0, 0.1) is 0 Å². The molecule has 9 rings (SSSR count). The molecule has 0 radical (unpaired) electrons. The summed E-state index contributed by atoms with van der Waals surface area (Å²) in [5, 5.41) is 31.9. The van der Waals surface area contributed by atoms with Gasteiger partial charge in [-0.25, -0.2) is 14.0 Å². The Bertz CT molecular complexity index is 3180. The molecule has 0 aliphatic rings. The van der Waals surface area contributed by atoms with Crippen LogP contribution in [0.1, 0.15) is 272 Å². The Hall–Kier alpha value is -7.86. The zero-order valence-corrected chi connectivity index (χ0v) is 59.8. The SMILES string of the molecule is CCCCCCCCCc1ccc(C(Nc2ccccc2)n2ccnn2)cc1.CCCCCCCCCc1ccc(N(Cn2ccnn2)c2ccc(CCCCCCCCC)cc2)cc1.CCCCCCCCc1ccc(NC(c2ccc(CCCC)cc2)n2ccnn2)cc1. The molecule has 0 saturated carbocycles. The van der Waals surface area contributed by atoms with Gasteiger partial charge in [-0.3, -0.25) is 0 Å². The molecule has 0 saturated heterocycles. The molecule has 12 heteroatoms. The van der Waals surface area contributed by atoms with Gasteiger partial charge >= 0.3 is 0 Å². The lowest BCUT2D eigenvalue weighted by atomic mass is 10.0. The molecule has 0 aliphatic carbocycles. The third-order valence-corrected chi connectivity index (χ3v) is 18.4. The molecule has 0 spiro atoms. The van der Waals surface area contributed by atoms with Gasteiger partial charge in [-0.2, -0.15) is 0 Å². The molecule has 9 aromatic rings. The molecule has 6 aromatic carbocycles. The largest absolute Gasteiger partial charge is 0.360 e. The van der Waals surface area contributed by atoms with Gasteiger partial charge in [0.25, 0.3) is 0 Å². The first kappa shape index (κ1) is 75.5. The van der Waals surface area contributed by atoms with E-state index in [0.29, 0.717) is 6.67 Å². The monoisotopic (exact) mass is 1300 g/mol. The van der Waals surface area contributed by atoms with Crippen LogP contribution in [0.5, 0.6) is 0 Å². The van der Waals surface area contributed by atoms with Gasteiger partial charge in [-0.1, -0.05) is 307 Å². The van der Waals surface area contributed by atoms with Crippen LogP contribution in [0.2, 0.25) is 0 Å². The number of hydrogen-bond acceptors (Lipinski definition) is 9. The van der Waals surface area contributed by atoms with Crippen molar-refractivity contribution in [3.05, 3.63) is 228 Å². The molecule has 3 heterocycles. The molecule has 2 N–H and O–H groups in total. The fourth-order valence-corrected chi connectivity index (χ4v) is 12.5. The molecule has 0 amide bonds. The number of aryl methyl sites for hydroxylation is 5. The van der Waals surface area contributed by atoms with Crippen molar-refractivity contribution in [2.75, 3.05) is 15.5 Å². The average Bonchev–Trinajstić information content (AvgIpc) is 1.50. The molecule has 516 valence electrons. The fourth-order valence-electron chi connectivity index (χ4n) is 12.5. The highest BCUT2D eigenvalue weighted by Crippen LogP contribution is 2.29. The van der Waals surface area contributed by atoms with Gasteiger partial charge in [-0.15, -0.1) is 15.3 Å². The van der Waals surface area contributed by atoms with E-state index in [0.717, 1.165) is 30.6 Å². The molecule has 0 aliphatic heterocycles. The minimum Gasteiger partial charge on any atom is -0.360 e. The topological polar surface area (TPSA) is 119 Å². The van der Waals surface area contributed by atoms with E-state index >= 15 is 0 Å². The van der Waals surface area contributed by atoms with Gasteiger partial charge in [-0.05, 0) is 152 Å². The maximum atomic E-state index is 4.25. The number of nitrogens with zero attached hydrogens (tertiary/aromatic N) is 10. The highest BCUT2D eigenvalue weighted by Gasteiger charge is 2.17. The van der Waals surface area contributed by atoms with Gasteiger partial charge < -0.3 is 15.5 Å². The zero-order chi connectivity index (χ0) is 67.1. The summed E-state index contributed by atoms with van der Waals surface area (Å²) in [6, 6.07) is 55.2. The van der Waals surface area contributed by atoms with Crippen LogP contribution in [-0.2, 0) is 38.8 Å². The van der Waals surface area contributed by atoms with Crippen LogP contribution >= 0.6 is 0 Å². The minimum absolute atomic E-state index is 0.0717. The van der Waals surface area contributed by atoms with Crippen molar-refractivity contribution in [3.63, 3.8) is 0 Å². The van der Waals surface area contributed by atoms with E-state index in [1.54, 1.807) is 18.6 Å². The summed E-state index contributed by atoms with van der Waals surface area (Å²) in [7, 11) is 0. The second-order valence-electron chi connectivity index (χ2n) is 26.5. The molecular formula is C84H120N12. The quantitative estimate of drug-likeness (QED) is 0.0360. The zero-order valence-electron chi connectivity index (χ0n) is 59.8. The Morgan fingerprint density at radius 1 is 0.302 bits per heavy atom. The van der Waals surface area contributed by atoms with Crippen molar-refractivity contribution in [2.24, 2.45) is 0 Å². The first-order valence-corrected chi connectivity index (χ1v) is 37.8. The maximum absolute atomic E-state index is 4.25. The van der Waals surface area contributed by atoms with Crippen LogP contribution in [0.4, 0.5) is 22.7 Å². The smallest absolute Gasteiger partial charge is 0.148 e. The first-order valence-electron chi connectivity index (χ1n) is 37.8. The molecule has 2 unspecified atom stereocenters. The lowest BCUT2D eigenvalue weighted by Gasteiger charge is -2.25. The van der Waals surface area contributed by atoms with Crippen LogP contribution in [0.15, 0.2) is 189 Å². The van der Waals surface area contributed by atoms with Crippen molar-refractivity contribution in [2.45, 2.75) is 272 Å². The number of aromatic nitrogens is 9. The number of benzene rings is 6. The number of para-hydroxylation sites is 1. The summed E-state index contributed by atoms with van der Waals surface area (Å²) in [5.41, 5.74) is 14.0. The van der Waals surface area contributed by atoms with E-state index in [2.05, 4.69) is 215 Å². The molecule has 3 aromatic heterocycles. The van der Waals surface area contributed by atoms with Crippen molar-refractivity contribution in [1.29, 1.82) is 0 Å². The Morgan fingerprint density at radius 3 is 0.938 bits per heavy atom. The van der Waals surface area contributed by atoms with Gasteiger partial charge in [0.1, 0.15) is 19.0 Å². The first-order chi connectivity index (χ1) is 47.5. The van der Waals surface area contributed by atoms with Gasteiger partial charge in [0, 0.05) is 41.3 Å². The third kappa shape index (κ3) is 29.2. The van der Waals surface area contributed by atoms with Crippen molar-refractivity contribution < 1.29 is 0 Å². The van der Waals surface area contributed by atoms with Crippen molar-refractivity contribution in [1.82, 2.24) is 45.0 Å². The van der Waals surface area contributed by atoms with E-state index in [1.807, 2.05) is 50.8 Å². The highest BCUT2D eigenvalue weighted by molar-refractivity contribution is 5.63. The molecule has 2 atom stereocenters. The minimum atomic E-state index is -0.0767. The maximum Gasteiger partial charge on any atom is 0.148 e. The van der Waals surface area contributed by atoms with E-state index in [1.165, 1.54) is 249 Å². The van der Waals surface area contributed by atoms with Crippen molar-refractivity contribution in [3.8, 4) is 0 Å². The van der Waals surface area contributed by atoms with E-state index in [-0.39, 0.29) is 12.3 Å². The third-order valence-electron chi connectivity index (χ3n) is 18.4. The second-order valence-corrected chi connectivity index (χ2v) is 26.5. The summed E-state index contributed by atoms with van der Waals surface area (Å²) >= 11 is 0. The lowest BCUT2D eigenvalue weighted by Crippen LogP contribution is -2.21. The summed E-state index contributed by atoms with van der Waals surface area (Å²) in [6.45, 7) is 12.0. The molecular weight excluding hydrogens is 1180 g/mol. The van der Waals surface area contributed by atoms with Crippen LogP contribution in [0.3, 0.4) is 0 Å². The summed E-state index contributed by atoms with van der Waals surface area (Å²) in [5.74, 6) is 0. The van der Waals surface area contributed by atoms with Gasteiger partial charge in [0.05, 0.1) is 18.6 Å². The van der Waals surface area contributed by atoms with Crippen molar-refractivity contribution >= 4 is 22.7 Å². The molecule has 0 fully saturated rings. The summed E-state index contributed by atoms with van der Waals surface area (Å²) in [6.07, 6.45) is 55.5. The number of anilines is 4. The average molecular weight is 1300 g/mol.